The summed E-state index contributed by atoms with van der Waals surface area (Å²) in [5.41, 5.74) is 4.55. The smallest absolute Gasteiger partial charge is 0.267 e. The Morgan fingerprint density at radius 2 is 1.77 bits per heavy atom. The fraction of sp³-hybridized carbons (Fsp3) is 0.0400. The molecule has 3 rings (SSSR count). The standard InChI is InChI=1S/C25H20FNO4/c1-31-24-13-10-17(15-19(24)11-14-25(29)27-30)9-12-23(28)22-8-3-2-7-21(22)18-5-4-6-20(26)16-18/h2-16,30H,1H3,(H,27,29)/b12-9+,14-11+. The molecule has 0 aliphatic carbocycles. The zero-order valence-electron chi connectivity index (χ0n) is 16.7. The quantitative estimate of drug-likeness (QED) is 0.248. The van der Waals surface area contributed by atoms with E-state index in [1.807, 2.05) is 0 Å². The van der Waals surface area contributed by atoms with E-state index in [0.29, 0.717) is 33.6 Å². The monoisotopic (exact) mass is 417 g/mol. The number of nitrogens with one attached hydrogen (secondary N) is 1. The van der Waals surface area contributed by atoms with E-state index in [2.05, 4.69) is 0 Å². The fourth-order valence-electron chi connectivity index (χ4n) is 3.06. The molecule has 0 aliphatic heterocycles. The van der Waals surface area contributed by atoms with Crippen molar-refractivity contribution in [1.82, 2.24) is 5.48 Å². The van der Waals surface area contributed by atoms with Gasteiger partial charge in [0.05, 0.1) is 7.11 Å². The predicted octanol–water partition coefficient (Wildman–Crippen LogP) is 4.92. The molecular weight excluding hydrogens is 397 g/mol. The zero-order valence-corrected chi connectivity index (χ0v) is 16.7. The molecule has 1 amide bonds. The molecule has 0 fully saturated rings. The third-order valence-corrected chi connectivity index (χ3v) is 4.53. The lowest BCUT2D eigenvalue weighted by atomic mass is 9.96. The highest BCUT2D eigenvalue weighted by Gasteiger charge is 2.11. The van der Waals surface area contributed by atoms with Gasteiger partial charge in [-0.25, -0.2) is 9.87 Å². The summed E-state index contributed by atoms with van der Waals surface area (Å²) in [6.07, 6.45) is 5.73. The lowest BCUT2D eigenvalue weighted by Gasteiger charge is -2.08. The number of rotatable bonds is 7. The van der Waals surface area contributed by atoms with Crippen molar-refractivity contribution in [2.45, 2.75) is 0 Å². The highest BCUT2D eigenvalue weighted by atomic mass is 19.1. The van der Waals surface area contributed by atoms with Crippen molar-refractivity contribution < 1.29 is 23.9 Å². The minimum absolute atomic E-state index is 0.229. The van der Waals surface area contributed by atoms with E-state index >= 15 is 0 Å². The van der Waals surface area contributed by atoms with E-state index in [1.54, 1.807) is 60.7 Å². The van der Waals surface area contributed by atoms with Crippen LogP contribution in [0.1, 0.15) is 21.5 Å². The van der Waals surface area contributed by atoms with Gasteiger partial charge in [0.15, 0.2) is 5.78 Å². The maximum absolute atomic E-state index is 13.6. The molecule has 2 N–H and O–H groups in total. The zero-order chi connectivity index (χ0) is 22.2. The van der Waals surface area contributed by atoms with Crippen molar-refractivity contribution in [3.8, 4) is 16.9 Å². The van der Waals surface area contributed by atoms with Gasteiger partial charge in [0.2, 0.25) is 0 Å². The number of amides is 1. The number of methoxy groups -OCH3 is 1. The number of ketones is 1. The fourth-order valence-corrected chi connectivity index (χ4v) is 3.06. The Bertz CT molecular complexity index is 1170. The summed E-state index contributed by atoms with van der Waals surface area (Å²) in [5.74, 6) is -0.745. The SMILES string of the molecule is COc1ccc(/C=C/C(=O)c2ccccc2-c2cccc(F)c2)cc1/C=C/C(=O)NO. The van der Waals surface area contributed by atoms with E-state index in [-0.39, 0.29) is 11.6 Å². The molecule has 0 atom stereocenters. The first kappa shape index (κ1) is 21.7. The van der Waals surface area contributed by atoms with Gasteiger partial charge in [0.25, 0.3) is 5.91 Å². The van der Waals surface area contributed by atoms with Crippen LogP contribution in [-0.2, 0) is 4.79 Å². The van der Waals surface area contributed by atoms with Gasteiger partial charge in [-0.1, -0.05) is 48.5 Å². The average Bonchev–Trinajstić information content (AvgIpc) is 2.81. The van der Waals surface area contributed by atoms with Crippen LogP contribution in [-0.4, -0.2) is 24.0 Å². The Hall–Kier alpha value is -4.03. The molecule has 0 radical (unpaired) electrons. The number of halogens is 1. The first-order valence-corrected chi connectivity index (χ1v) is 9.39. The molecule has 0 saturated carbocycles. The molecule has 5 nitrogen and oxygen atoms in total. The van der Waals surface area contributed by atoms with Crippen LogP contribution in [0.15, 0.2) is 78.9 Å². The first-order valence-electron chi connectivity index (χ1n) is 9.39. The summed E-state index contributed by atoms with van der Waals surface area (Å²) < 4.78 is 18.9. The number of allylic oxidation sites excluding steroid dienone is 1. The van der Waals surface area contributed by atoms with E-state index < -0.39 is 5.91 Å². The Morgan fingerprint density at radius 1 is 0.968 bits per heavy atom. The van der Waals surface area contributed by atoms with Gasteiger partial charge in [-0.05, 0) is 53.1 Å². The van der Waals surface area contributed by atoms with Gasteiger partial charge in [-0.3, -0.25) is 14.8 Å². The second-order valence-corrected chi connectivity index (χ2v) is 6.56. The molecule has 3 aromatic carbocycles. The first-order chi connectivity index (χ1) is 15.0. The van der Waals surface area contributed by atoms with Crippen LogP contribution in [0.3, 0.4) is 0 Å². The lowest BCUT2D eigenvalue weighted by molar-refractivity contribution is -0.124. The predicted molar refractivity (Wildman–Crippen MR) is 117 cm³/mol. The molecule has 0 aromatic heterocycles. The normalized spacial score (nSPS) is 11.1. The maximum Gasteiger partial charge on any atom is 0.267 e. The molecule has 0 heterocycles. The van der Waals surface area contributed by atoms with Crippen LogP contribution < -0.4 is 10.2 Å². The van der Waals surface area contributed by atoms with Crippen molar-refractivity contribution in [2.24, 2.45) is 0 Å². The van der Waals surface area contributed by atoms with Crippen LogP contribution >= 0.6 is 0 Å². The van der Waals surface area contributed by atoms with Crippen molar-refractivity contribution in [1.29, 1.82) is 0 Å². The largest absolute Gasteiger partial charge is 0.496 e. The van der Waals surface area contributed by atoms with Crippen molar-refractivity contribution >= 4 is 23.8 Å². The maximum atomic E-state index is 13.6. The molecule has 3 aromatic rings. The highest BCUT2D eigenvalue weighted by molar-refractivity contribution is 6.11. The summed E-state index contributed by atoms with van der Waals surface area (Å²) in [4.78, 5) is 24.1. The van der Waals surface area contributed by atoms with Crippen molar-refractivity contribution in [3.63, 3.8) is 0 Å². The van der Waals surface area contributed by atoms with Gasteiger partial charge in [-0.15, -0.1) is 0 Å². The third-order valence-electron chi connectivity index (χ3n) is 4.53. The van der Waals surface area contributed by atoms with E-state index in [4.69, 9.17) is 9.94 Å². The Labute approximate surface area is 179 Å². The van der Waals surface area contributed by atoms with Crippen molar-refractivity contribution in [2.75, 3.05) is 7.11 Å². The Balaban J connectivity index is 1.89. The molecule has 6 heteroatoms. The van der Waals surface area contributed by atoms with Crippen LogP contribution in [0.25, 0.3) is 23.3 Å². The molecule has 0 bridgehead atoms. The van der Waals surface area contributed by atoms with Crippen LogP contribution in [0.4, 0.5) is 4.39 Å². The topological polar surface area (TPSA) is 75.6 Å². The number of benzene rings is 3. The van der Waals surface area contributed by atoms with Gasteiger partial charge >= 0.3 is 0 Å². The number of carbonyl (C=O) groups excluding carboxylic acids is 2. The number of hydrogen-bond donors (Lipinski definition) is 2. The minimum atomic E-state index is -0.674. The summed E-state index contributed by atoms with van der Waals surface area (Å²) in [6, 6.07) is 18.3. The second-order valence-electron chi connectivity index (χ2n) is 6.56. The number of hydrogen-bond acceptors (Lipinski definition) is 4. The van der Waals surface area contributed by atoms with Gasteiger partial charge < -0.3 is 4.74 Å². The van der Waals surface area contributed by atoms with Gasteiger partial charge in [-0.2, -0.15) is 0 Å². The Morgan fingerprint density at radius 3 is 2.52 bits per heavy atom. The number of hydroxylamine groups is 1. The summed E-state index contributed by atoms with van der Waals surface area (Å²) in [7, 11) is 1.50. The molecule has 31 heavy (non-hydrogen) atoms. The number of carbonyl (C=O) groups is 2. The van der Waals surface area contributed by atoms with Crippen LogP contribution in [0, 0.1) is 5.82 Å². The molecule has 0 spiro atoms. The number of ether oxygens (including phenoxy) is 1. The lowest BCUT2D eigenvalue weighted by Crippen LogP contribution is -2.14. The van der Waals surface area contributed by atoms with E-state index in [9.17, 15) is 14.0 Å². The average molecular weight is 417 g/mol. The second kappa shape index (κ2) is 10.1. The summed E-state index contributed by atoms with van der Waals surface area (Å²) in [6.45, 7) is 0. The van der Waals surface area contributed by atoms with Gasteiger partial charge in [0.1, 0.15) is 11.6 Å². The molecule has 156 valence electrons. The summed E-state index contributed by atoms with van der Waals surface area (Å²) >= 11 is 0. The molecule has 0 aliphatic rings. The van der Waals surface area contributed by atoms with E-state index in [0.717, 1.165) is 6.08 Å². The van der Waals surface area contributed by atoms with Crippen molar-refractivity contribution in [3.05, 3.63) is 101 Å². The highest BCUT2D eigenvalue weighted by Crippen LogP contribution is 2.26. The van der Waals surface area contributed by atoms with E-state index in [1.165, 1.54) is 36.9 Å². The summed E-state index contributed by atoms with van der Waals surface area (Å²) in [5, 5.41) is 8.62. The third kappa shape index (κ3) is 5.52. The Kier molecular flexibility index (Phi) is 7.09. The van der Waals surface area contributed by atoms with Gasteiger partial charge in [0, 0.05) is 17.2 Å². The molecule has 0 unspecified atom stereocenters. The molecular formula is C25H20FNO4. The molecule has 0 saturated heterocycles. The van der Waals surface area contributed by atoms with Crippen LogP contribution in [0.5, 0.6) is 5.75 Å². The van der Waals surface area contributed by atoms with Crippen LogP contribution in [0.2, 0.25) is 0 Å². The minimum Gasteiger partial charge on any atom is -0.496 e.